The highest BCUT2D eigenvalue weighted by atomic mass is 19.3. The summed E-state index contributed by atoms with van der Waals surface area (Å²) in [6.07, 6.45) is 4.19. The Labute approximate surface area is 157 Å². The first-order valence-corrected chi connectivity index (χ1v) is 9.58. The van der Waals surface area contributed by atoms with Crippen molar-refractivity contribution in [1.82, 2.24) is 21.5 Å². The average molecular weight is 383 g/mol. The van der Waals surface area contributed by atoms with E-state index >= 15 is 0 Å². The fourth-order valence-electron chi connectivity index (χ4n) is 3.99. The number of rotatable bonds is 6. The van der Waals surface area contributed by atoms with Gasteiger partial charge in [0.1, 0.15) is 11.6 Å². The maximum absolute atomic E-state index is 13.5. The van der Waals surface area contributed by atoms with Crippen molar-refractivity contribution in [2.45, 2.75) is 81.3 Å². The first kappa shape index (κ1) is 20.0. The normalized spacial score (nSPS) is 30.4. The Hall–Kier alpha value is -1.79. The van der Waals surface area contributed by atoms with E-state index in [1.165, 1.54) is 0 Å². The molecule has 3 aliphatic rings. The zero-order valence-electron chi connectivity index (χ0n) is 15.5. The van der Waals surface area contributed by atoms with Gasteiger partial charge in [-0.3, -0.25) is 20.4 Å². The van der Waals surface area contributed by atoms with E-state index in [1.807, 2.05) is 6.07 Å². The molecule has 1 atom stereocenters. The van der Waals surface area contributed by atoms with E-state index in [4.69, 9.17) is 5.26 Å². The Bertz CT molecular complexity index is 623. The number of amides is 2. The molecule has 27 heavy (non-hydrogen) atoms. The minimum Gasteiger partial charge on any atom is -0.344 e. The van der Waals surface area contributed by atoms with E-state index in [-0.39, 0.29) is 17.4 Å². The number of hydrogen-bond donors (Lipinski definition) is 4. The zero-order valence-corrected chi connectivity index (χ0v) is 15.5. The summed E-state index contributed by atoms with van der Waals surface area (Å²) >= 11 is 0. The molecule has 0 radical (unpaired) electrons. The van der Waals surface area contributed by atoms with Crippen LogP contribution in [0.4, 0.5) is 8.78 Å². The van der Waals surface area contributed by atoms with Crippen LogP contribution in [0.1, 0.15) is 58.3 Å². The zero-order chi connectivity index (χ0) is 19.7. The number of hydrazine groups is 1. The van der Waals surface area contributed by atoms with Gasteiger partial charge in [-0.15, -0.1) is 0 Å². The third kappa shape index (κ3) is 4.93. The predicted molar refractivity (Wildman–Crippen MR) is 93.3 cm³/mol. The molecule has 0 aromatic carbocycles. The molecule has 0 bridgehead atoms. The maximum atomic E-state index is 13.5. The van der Waals surface area contributed by atoms with E-state index in [0.29, 0.717) is 25.7 Å². The summed E-state index contributed by atoms with van der Waals surface area (Å²) in [5, 5.41) is 14.1. The molecule has 3 rings (SSSR count). The number of carbonyl (C=O) groups excluding carboxylic acids is 2. The number of hydrogen-bond acceptors (Lipinski definition) is 5. The second-order valence-corrected chi connectivity index (χ2v) is 8.38. The van der Waals surface area contributed by atoms with Gasteiger partial charge in [-0.05, 0) is 51.9 Å². The molecular weight excluding hydrogens is 356 g/mol. The number of nitriles is 1. The molecule has 3 fully saturated rings. The number of alkyl halides is 2. The van der Waals surface area contributed by atoms with Crippen molar-refractivity contribution in [3.63, 3.8) is 0 Å². The number of nitrogens with zero attached hydrogens (tertiary/aromatic N) is 1. The Kier molecular flexibility index (Phi) is 5.41. The summed E-state index contributed by atoms with van der Waals surface area (Å²) in [7, 11) is 0. The van der Waals surface area contributed by atoms with Crippen LogP contribution in [0.3, 0.4) is 0 Å². The standard InChI is InChI=1S/C18H27F2N5O2/c1-16(19,20)10-13(15(27)24-18(11-21)6-7-18)23-14(26)12-2-4-17(5-3-12)8-9-22-25-17/h12-13,22,25H,2-10H2,1H3,(H,23,26)(H,24,27)/t12?,13-,17?/m0/s1. The van der Waals surface area contributed by atoms with Crippen LogP contribution in [0.2, 0.25) is 0 Å². The van der Waals surface area contributed by atoms with Crippen molar-refractivity contribution < 1.29 is 18.4 Å². The monoisotopic (exact) mass is 383 g/mol. The van der Waals surface area contributed by atoms with Gasteiger partial charge in [0, 0.05) is 24.4 Å². The van der Waals surface area contributed by atoms with E-state index in [2.05, 4.69) is 21.5 Å². The topological polar surface area (TPSA) is 106 Å². The van der Waals surface area contributed by atoms with Crippen molar-refractivity contribution >= 4 is 11.8 Å². The molecule has 1 heterocycles. The highest BCUT2D eigenvalue weighted by molar-refractivity contribution is 5.89. The van der Waals surface area contributed by atoms with Gasteiger partial charge in [-0.2, -0.15) is 5.26 Å². The SMILES string of the molecule is CC(F)(F)C[C@H](NC(=O)C1CCC2(CCNN2)CC1)C(=O)NC1(C#N)CC1. The molecule has 7 nitrogen and oxygen atoms in total. The third-order valence-electron chi connectivity index (χ3n) is 5.92. The summed E-state index contributed by atoms with van der Waals surface area (Å²) in [5.41, 5.74) is 5.47. The van der Waals surface area contributed by atoms with E-state index in [1.54, 1.807) is 0 Å². The van der Waals surface area contributed by atoms with Crippen LogP contribution in [0.15, 0.2) is 0 Å². The lowest BCUT2D eigenvalue weighted by molar-refractivity contribution is -0.134. The summed E-state index contributed by atoms with van der Waals surface area (Å²) in [5.74, 6) is -4.46. The second-order valence-electron chi connectivity index (χ2n) is 8.38. The maximum Gasteiger partial charge on any atom is 0.247 e. The first-order valence-electron chi connectivity index (χ1n) is 9.58. The Morgan fingerprint density at radius 3 is 2.41 bits per heavy atom. The molecule has 1 spiro atoms. The Balaban J connectivity index is 1.58. The fourth-order valence-corrected chi connectivity index (χ4v) is 3.99. The van der Waals surface area contributed by atoms with Gasteiger partial charge in [-0.25, -0.2) is 8.78 Å². The lowest BCUT2D eigenvalue weighted by atomic mass is 9.75. The molecular formula is C18H27F2N5O2. The molecule has 1 aliphatic heterocycles. The van der Waals surface area contributed by atoms with Crippen molar-refractivity contribution in [2.75, 3.05) is 6.54 Å². The lowest BCUT2D eigenvalue weighted by Crippen LogP contribution is -2.54. The van der Waals surface area contributed by atoms with Crippen LogP contribution in [-0.2, 0) is 9.59 Å². The molecule has 0 unspecified atom stereocenters. The highest BCUT2D eigenvalue weighted by Gasteiger charge is 2.47. The molecule has 9 heteroatoms. The van der Waals surface area contributed by atoms with Crippen LogP contribution >= 0.6 is 0 Å². The van der Waals surface area contributed by atoms with Crippen molar-refractivity contribution in [3.8, 4) is 6.07 Å². The second kappa shape index (κ2) is 7.32. The average Bonchev–Trinajstić information content (AvgIpc) is 3.24. The Morgan fingerprint density at radius 2 is 1.93 bits per heavy atom. The quantitative estimate of drug-likeness (QED) is 0.550. The lowest BCUT2D eigenvalue weighted by Gasteiger charge is -2.36. The first-order chi connectivity index (χ1) is 12.7. The van der Waals surface area contributed by atoms with Crippen LogP contribution in [0.25, 0.3) is 0 Å². The van der Waals surface area contributed by atoms with E-state index in [9.17, 15) is 18.4 Å². The minimum absolute atomic E-state index is 0.0230. The molecule has 2 amide bonds. The van der Waals surface area contributed by atoms with Crippen LogP contribution in [0, 0.1) is 17.2 Å². The molecule has 0 aromatic rings. The molecule has 150 valence electrons. The van der Waals surface area contributed by atoms with E-state index in [0.717, 1.165) is 32.7 Å². The smallest absolute Gasteiger partial charge is 0.247 e. The molecule has 2 saturated carbocycles. The van der Waals surface area contributed by atoms with E-state index < -0.39 is 29.8 Å². The molecule has 0 aromatic heterocycles. The van der Waals surface area contributed by atoms with Crippen LogP contribution in [-0.4, -0.2) is 41.4 Å². The van der Waals surface area contributed by atoms with Gasteiger partial charge >= 0.3 is 0 Å². The van der Waals surface area contributed by atoms with Crippen LogP contribution in [0.5, 0.6) is 0 Å². The fraction of sp³-hybridized carbons (Fsp3) is 0.833. The number of nitrogens with one attached hydrogen (secondary N) is 4. The Morgan fingerprint density at radius 1 is 1.26 bits per heavy atom. The number of carbonyl (C=O) groups is 2. The summed E-state index contributed by atoms with van der Waals surface area (Å²) in [6.45, 7) is 1.62. The summed E-state index contributed by atoms with van der Waals surface area (Å²) < 4.78 is 27.1. The minimum atomic E-state index is -3.10. The largest absolute Gasteiger partial charge is 0.344 e. The van der Waals surface area contributed by atoms with Crippen molar-refractivity contribution in [2.24, 2.45) is 5.92 Å². The molecule has 4 N–H and O–H groups in total. The summed E-state index contributed by atoms with van der Waals surface area (Å²) in [4.78, 5) is 25.0. The number of halogens is 2. The van der Waals surface area contributed by atoms with Crippen LogP contribution < -0.4 is 21.5 Å². The summed E-state index contributed by atoms with van der Waals surface area (Å²) in [6, 6.07) is 0.658. The third-order valence-corrected chi connectivity index (χ3v) is 5.92. The predicted octanol–water partition coefficient (Wildman–Crippen LogP) is 1.12. The van der Waals surface area contributed by atoms with Gasteiger partial charge in [0.2, 0.25) is 17.7 Å². The van der Waals surface area contributed by atoms with Gasteiger partial charge in [-0.1, -0.05) is 0 Å². The highest BCUT2D eigenvalue weighted by Crippen LogP contribution is 2.36. The molecule has 1 saturated heterocycles. The van der Waals surface area contributed by atoms with Gasteiger partial charge in [0.15, 0.2) is 0 Å². The molecule has 2 aliphatic carbocycles. The van der Waals surface area contributed by atoms with Gasteiger partial charge in [0.05, 0.1) is 6.07 Å². The van der Waals surface area contributed by atoms with Gasteiger partial charge in [0.25, 0.3) is 0 Å². The van der Waals surface area contributed by atoms with Gasteiger partial charge < -0.3 is 10.6 Å². The van der Waals surface area contributed by atoms with Crippen molar-refractivity contribution in [3.05, 3.63) is 0 Å². The van der Waals surface area contributed by atoms with Crippen molar-refractivity contribution in [1.29, 1.82) is 5.26 Å².